The Kier molecular flexibility index (Phi) is 8.87. The van der Waals surface area contributed by atoms with Crippen LogP contribution in [0.4, 0.5) is 0 Å². The predicted molar refractivity (Wildman–Crippen MR) is 253 cm³/mol. The number of benzene rings is 10. The summed E-state index contributed by atoms with van der Waals surface area (Å²) in [5.41, 5.74) is 15.7. The average Bonchev–Trinajstić information content (AvgIpc) is 3.34. The van der Waals surface area contributed by atoms with Crippen molar-refractivity contribution in [2.24, 2.45) is 0 Å². The summed E-state index contributed by atoms with van der Waals surface area (Å²) < 4.78 is 0. The number of nitrogens with zero attached hydrogens (tertiary/aromatic N) is 2. The van der Waals surface area contributed by atoms with E-state index in [-0.39, 0.29) is 0 Å². The molecule has 0 saturated carbocycles. The second-order valence-corrected chi connectivity index (χ2v) is 15.4. The third-order valence-electron chi connectivity index (χ3n) is 11.6. The Bertz CT molecular complexity index is 3310. The van der Waals surface area contributed by atoms with Crippen molar-refractivity contribution >= 4 is 32.4 Å². The minimum atomic E-state index is 0.724. The summed E-state index contributed by atoms with van der Waals surface area (Å²) in [5, 5.41) is 5.69. The molecule has 0 aliphatic carbocycles. The molecule has 11 aromatic rings. The van der Waals surface area contributed by atoms with E-state index in [4.69, 9.17) is 9.97 Å². The van der Waals surface area contributed by atoms with Crippen molar-refractivity contribution in [3.05, 3.63) is 231 Å². The molecule has 0 spiro atoms. The summed E-state index contributed by atoms with van der Waals surface area (Å²) in [6.45, 7) is 0. The van der Waals surface area contributed by atoms with Gasteiger partial charge in [-0.05, 0) is 120 Å². The van der Waals surface area contributed by atoms with Crippen LogP contribution in [0.25, 0.3) is 111 Å². The van der Waals surface area contributed by atoms with Crippen LogP contribution >= 0.6 is 0 Å². The standard InChI is InChI=1S/C58H38N2/c1-3-15-39(16-4-1)49-36-50(40-17-5-2-6-18-40)38-51(37-49)47-26-12-24-45(34-47)43-22-11-23-44(33-43)46-25-13-27-48(35-46)57-56-53-29-10-8-20-42(53)31-32-55(56)59-58(60-57)54-30-14-21-41-19-7-9-28-52(41)54/h1-38H. The van der Waals surface area contributed by atoms with Gasteiger partial charge in [0.05, 0.1) is 11.2 Å². The van der Waals surface area contributed by atoms with Gasteiger partial charge in [0.1, 0.15) is 0 Å². The van der Waals surface area contributed by atoms with Crippen molar-refractivity contribution in [3.8, 4) is 78.3 Å². The van der Waals surface area contributed by atoms with Crippen molar-refractivity contribution in [1.29, 1.82) is 0 Å². The molecule has 0 fully saturated rings. The SMILES string of the molecule is c1ccc(-c2cc(-c3ccccc3)cc(-c3cccc(-c4cccc(-c5cccc(-c6nc(-c7cccc8ccccc78)nc7ccc8ccccc8c67)c5)c4)c3)c2)cc1. The average molecular weight is 763 g/mol. The van der Waals surface area contributed by atoms with Gasteiger partial charge in [-0.15, -0.1) is 0 Å². The number of rotatable bonds is 7. The molecule has 0 aliphatic heterocycles. The zero-order valence-corrected chi connectivity index (χ0v) is 32.8. The van der Waals surface area contributed by atoms with E-state index < -0.39 is 0 Å². The topological polar surface area (TPSA) is 25.8 Å². The fraction of sp³-hybridized carbons (Fsp3) is 0. The second-order valence-electron chi connectivity index (χ2n) is 15.4. The van der Waals surface area contributed by atoms with E-state index in [1.54, 1.807) is 0 Å². The van der Waals surface area contributed by atoms with E-state index >= 15 is 0 Å². The summed E-state index contributed by atoms with van der Waals surface area (Å²) >= 11 is 0. The van der Waals surface area contributed by atoms with E-state index in [0.717, 1.165) is 55.4 Å². The third-order valence-corrected chi connectivity index (χ3v) is 11.6. The highest BCUT2D eigenvalue weighted by Gasteiger charge is 2.17. The molecule has 0 atom stereocenters. The number of hydrogen-bond donors (Lipinski definition) is 0. The van der Waals surface area contributed by atoms with Crippen LogP contribution < -0.4 is 0 Å². The lowest BCUT2D eigenvalue weighted by Gasteiger charge is -2.14. The van der Waals surface area contributed by atoms with Crippen molar-refractivity contribution in [2.45, 2.75) is 0 Å². The Morgan fingerprint density at radius 3 is 1.25 bits per heavy atom. The molecular formula is C58H38N2. The molecular weight excluding hydrogens is 725 g/mol. The van der Waals surface area contributed by atoms with Crippen LogP contribution in [0.15, 0.2) is 231 Å². The maximum atomic E-state index is 5.42. The molecule has 2 heteroatoms. The van der Waals surface area contributed by atoms with Crippen LogP contribution in [0.3, 0.4) is 0 Å². The molecule has 2 nitrogen and oxygen atoms in total. The molecule has 0 radical (unpaired) electrons. The molecule has 0 amide bonds. The van der Waals surface area contributed by atoms with Gasteiger partial charge in [0, 0.05) is 16.5 Å². The maximum Gasteiger partial charge on any atom is 0.161 e. The lowest BCUT2D eigenvalue weighted by Crippen LogP contribution is -1.97. The number of aromatic nitrogens is 2. The van der Waals surface area contributed by atoms with Gasteiger partial charge in [0.2, 0.25) is 0 Å². The van der Waals surface area contributed by atoms with Crippen LogP contribution in [-0.2, 0) is 0 Å². The molecule has 0 unspecified atom stereocenters. The highest BCUT2D eigenvalue weighted by Crippen LogP contribution is 2.39. The lowest BCUT2D eigenvalue weighted by atomic mass is 9.91. The zero-order valence-electron chi connectivity index (χ0n) is 32.8. The first-order valence-corrected chi connectivity index (χ1v) is 20.5. The largest absolute Gasteiger partial charge is 0.228 e. The lowest BCUT2D eigenvalue weighted by molar-refractivity contribution is 1.24. The molecule has 0 aliphatic rings. The minimum Gasteiger partial charge on any atom is -0.228 e. The fourth-order valence-corrected chi connectivity index (χ4v) is 8.64. The first-order chi connectivity index (χ1) is 29.7. The van der Waals surface area contributed by atoms with Crippen LogP contribution in [0.5, 0.6) is 0 Å². The highest BCUT2D eigenvalue weighted by molar-refractivity contribution is 6.13. The van der Waals surface area contributed by atoms with Gasteiger partial charge in [-0.3, -0.25) is 0 Å². The zero-order chi connectivity index (χ0) is 39.8. The summed E-state index contributed by atoms with van der Waals surface area (Å²) in [7, 11) is 0. The molecule has 1 aromatic heterocycles. The van der Waals surface area contributed by atoms with E-state index in [1.165, 1.54) is 55.3 Å². The van der Waals surface area contributed by atoms with Gasteiger partial charge in [0.25, 0.3) is 0 Å². The van der Waals surface area contributed by atoms with E-state index in [1.807, 2.05) is 0 Å². The Morgan fingerprint density at radius 2 is 0.650 bits per heavy atom. The Morgan fingerprint density at radius 1 is 0.250 bits per heavy atom. The summed E-state index contributed by atoms with van der Waals surface area (Å²) in [5.74, 6) is 0.724. The summed E-state index contributed by atoms with van der Waals surface area (Å²) in [6, 6.07) is 82.6. The molecule has 60 heavy (non-hydrogen) atoms. The summed E-state index contributed by atoms with van der Waals surface area (Å²) in [4.78, 5) is 10.6. The van der Waals surface area contributed by atoms with Gasteiger partial charge in [0.15, 0.2) is 5.82 Å². The predicted octanol–water partition coefficient (Wildman–Crippen LogP) is 15.6. The van der Waals surface area contributed by atoms with E-state index in [0.29, 0.717) is 0 Å². The first kappa shape index (κ1) is 35.2. The molecule has 10 aromatic carbocycles. The van der Waals surface area contributed by atoms with E-state index in [2.05, 4.69) is 231 Å². The molecule has 11 rings (SSSR count). The monoisotopic (exact) mass is 762 g/mol. The quantitative estimate of drug-likeness (QED) is 0.151. The van der Waals surface area contributed by atoms with Gasteiger partial charge >= 0.3 is 0 Å². The van der Waals surface area contributed by atoms with Gasteiger partial charge in [-0.1, -0.05) is 188 Å². The Hall–Kier alpha value is -7.94. The van der Waals surface area contributed by atoms with Crippen LogP contribution in [0.2, 0.25) is 0 Å². The molecule has 0 saturated heterocycles. The van der Waals surface area contributed by atoms with Crippen LogP contribution in [0, 0.1) is 0 Å². The molecule has 0 bridgehead atoms. The fourth-order valence-electron chi connectivity index (χ4n) is 8.64. The Labute approximate surface area is 349 Å². The molecule has 0 N–H and O–H groups in total. The minimum absolute atomic E-state index is 0.724. The first-order valence-electron chi connectivity index (χ1n) is 20.5. The van der Waals surface area contributed by atoms with Crippen molar-refractivity contribution < 1.29 is 0 Å². The molecule has 280 valence electrons. The van der Waals surface area contributed by atoms with Gasteiger partial charge in [-0.25, -0.2) is 9.97 Å². The Balaban J connectivity index is 1.01. The summed E-state index contributed by atoms with van der Waals surface area (Å²) in [6.07, 6.45) is 0. The van der Waals surface area contributed by atoms with Gasteiger partial charge < -0.3 is 0 Å². The van der Waals surface area contributed by atoms with Crippen molar-refractivity contribution in [2.75, 3.05) is 0 Å². The van der Waals surface area contributed by atoms with Crippen molar-refractivity contribution in [3.63, 3.8) is 0 Å². The highest BCUT2D eigenvalue weighted by atomic mass is 14.9. The second kappa shape index (κ2) is 15.1. The van der Waals surface area contributed by atoms with Crippen LogP contribution in [0.1, 0.15) is 0 Å². The van der Waals surface area contributed by atoms with Crippen LogP contribution in [-0.4, -0.2) is 9.97 Å². The molecule has 1 heterocycles. The number of hydrogen-bond acceptors (Lipinski definition) is 2. The smallest absolute Gasteiger partial charge is 0.161 e. The normalized spacial score (nSPS) is 11.3. The van der Waals surface area contributed by atoms with Gasteiger partial charge in [-0.2, -0.15) is 0 Å². The number of fused-ring (bicyclic) bond motifs is 4. The van der Waals surface area contributed by atoms with Crippen molar-refractivity contribution in [1.82, 2.24) is 9.97 Å². The van der Waals surface area contributed by atoms with E-state index in [9.17, 15) is 0 Å². The maximum absolute atomic E-state index is 5.42. The third kappa shape index (κ3) is 6.61.